The zero-order valence-corrected chi connectivity index (χ0v) is 13.4. The van der Waals surface area contributed by atoms with E-state index in [2.05, 4.69) is 6.92 Å². The lowest BCUT2D eigenvalue weighted by Crippen LogP contribution is -2.42. The predicted molar refractivity (Wildman–Crippen MR) is 85.9 cm³/mol. The first-order chi connectivity index (χ1) is 10.5. The molecular weight excluding hydrogens is 278 g/mol. The SMILES string of the molecule is C[C@H]1CCCC[C@H]1N(C)C(=O)CCc1ccccc1C(=O)O. The zero-order valence-electron chi connectivity index (χ0n) is 13.4. The van der Waals surface area contributed by atoms with E-state index in [1.54, 1.807) is 18.2 Å². The van der Waals surface area contributed by atoms with Gasteiger partial charge < -0.3 is 10.0 Å². The van der Waals surface area contributed by atoms with Crippen LogP contribution in [0.15, 0.2) is 24.3 Å². The Bertz CT molecular complexity index is 541. The molecule has 1 aliphatic carbocycles. The number of aromatic carboxylic acids is 1. The molecule has 120 valence electrons. The Morgan fingerprint density at radius 3 is 2.59 bits per heavy atom. The Balaban J connectivity index is 1.96. The van der Waals surface area contributed by atoms with E-state index >= 15 is 0 Å². The van der Waals surface area contributed by atoms with E-state index < -0.39 is 5.97 Å². The monoisotopic (exact) mass is 303 g/mol. The highest BCUT2D eigenvalue weighted by molar-refractivity contribution is 5.89. The summed E-state index contributed by atoms with van der Waals surface area (Å²) in [5, 5.41) is 9.18. The van der Waals surface area contributed by atoms with E-state index in [9.17, 15) is 14.7 Å². The molecular formula is C18H25NO3. The molecule has 1 aromatic carbocycles. The molecule has 1 amide bonds. The van der Waals surface area contributed by atoms with Crippen LogP contribution >= 0.6 is 0 Å². The van der Waals surface area contributed by atoms with Gasteiger partial charge in [-0.1, -0.05) is 38.0 Å². The van der Waals surface area contributed by atoms with Gasteiger partial charge in [-0.15, -0.1) is 0 Å². The third-order valence-electron chi connectivity index (χ3n) is 4.81. The minimum atomic E-state index is -0.933. The van der Waals surface area contributed by atoms with Crippen LogP contribution in [0.4, 0.5) is 0 Å². The smallest absolute Gasteiger partial charge is 0.335 e. The number of benzene rings is 1. The molecule has 1 saturated carbocycles. The van der Waals surface area contributed by atoms with E-state index in [0.717, 1.165) is 12.0 Å². The van der Waals surface area contributed by atoms with Gasteiger partial charge in [0.2, 0.25) is 5.91 Å². The van der Waals surface area contributed by atoms with Gasteiger partial charge in [0, 0.05) is 19.5 Å². The molecule has 0 aromatic heterocycles. The van der Waals surface area contributed by atoms with Crippen molar-refractivity contribution >= 4 is 11.9 Å². The second-order valence-corrected chi connectivity index (χ2v) is 6.30. The van der Waals surface area contributed by atoms with Crippen molar-refractivity contribution in [1.82, 2.24) is 4.90 Å². The van der Waals surface area contributed by atoms with Crippen molar-refractivity contribution < 1.29 is 14.7 Å². The van der Waals surface area contributed by atoms with Crippen molar-refractivity contribution in [3.63, 3.8) is 0 Å². The first-order valence-electron chi connectivity index (χ1n) is 8.07. The van der Waals surface area contributed by atoms with Crippen LogP contribution in [0.2, 0.25) is 0 Å². The normalized spacial score (nSPS) is 21.4. The summed E-state index contributed by atoms with van der Waals surface area (Å²) >= 11 is 0. The first-order valence-corrected chi connectivity index (χ1v) is 8.07. The van der Waals surface area contributed by atoms with Crippen molar-refractivity contribution in [1.29, 1.82) is 0 Å². The topological polar surface area (TPSA) is 57.6 Å². The van der Waals surface area contributed by atoms with E-state index in [4.69, 9.17) is 0 Å². The number of aryl methyl sites for hydroxylation is 1. The van der Waals surface area contributed by atoms with Crippen molar-refractivity contribution in [2.75, 3.05) is 7.05 Å². The minimum absolute atomic E-state index is 0.110. The quantitative estimate of drug-likeness (QED) is 0.907. The summed E-state index contributed by atoms with van der Waals surface area (Å²) in [5.74, 6) is -0.273. The summed E-state index contributed by atoms with van der Waals surface area (Å²) in [7, 11) is 1.89. The summed E-state index contributed by atoms with van der Waals surface area (Å²) in [6.07, 6.45) is 5.55. The second-order valence-electron chi connectivity index (χ2n) is 6.30. The average Bonchev–Trinajstić information content (AvgIpc) is 2.52. The molecule has 2 rings (SSSR count). The van der Waals surface area contributed by atoms with Crippen LogP contribution in [0.25, 0.3) is 0 Å². The third kappa shape index (κ3) is 3.87. The number of hydrogen-bond acceptors (Lipinski definition) is 2. The van der Waals surface area contributed by atoms with E-state index in [0.29, 0.717) is 30.4 Å². The fourth-order valence-electron chi connectivity index (χ4n) is 3.42. The molecule has 0 unspecified atom stereocenters. The zero-order chi connectivity index (χ0) is 16.1. The second kappa shape index (κ2) is 7.43. The van der Waals surface area contributed by atoms with Crippen LogP contribution in [-0.4, -0.2) is 35.0 Å². The van der Waals surface area contributed by atoms with Crippen molar-refractivity contribution in [3.05, 3.63) is 35.4 Å². The van der Waals surface area contributed by atoms with E-state index in [-0.39, 0.29) is 5.91 Å². The fraction of sp³-hybridized carbons (Fsp3) is 0.556. The summed E-state index contributed by atoms with van der Waals surface area (Å²) in [6, 6.07) is 7.25. The van der Waals surface area contributed by atoms with Crippen LogP contribution in [0.5, 0.6) is 0 Å². The number of carboxylic acid groups (broad SMARTS) is 1. The highest BCUT2D eigenvalue weighted by Crippen LogP contribution is 2.27. The predicted octanol–water partition coefficient (Wildman–Crippen LogP) is 3.35. The number of carboxylic acids is 1. The maximum atomic E-state index is 12.4. The van der Waals surface area contributed by atoms with Gasteiger partial charge in [-0.05, 0) is 36.8 Å². The molecule has 1 aromatic rings. The van der Waals surface area contributed by atoms with Gasteiger partial charge >= 0.3 is 5.97 Å². The molecule has 1 N–H and O–H groups in total. The number of nitrogens with zero attached hydrogens (tertiary/aromatic N) is 1. The molecule has 0 aliphatic heterocycles. The van der Waals surface area contributed by atoms with Gasteiger partial charge in [0.25, 0.3) is 0 Å². The molecule has 1 aliphatic rings. The lowest BCUT2D eigenvalue weighted by molar-refractivity contribution is -0.133. The molecule has 0 bridgehead atoms. The largest absolute Gasteiger partial charge is 0.478 e. The third-order valence-corrected chi connectivity index (χ3v) is 4.81. The maximum absolute atomic E-state index is 12.4. The van der Waals surface area contributed by atoms with Crippen LogP contribution in [-0.2, 0) is 11.2 Å². The Kier molecular flexibility index (Phi) is 5.58. The van der Waals surface area contributed by atoms with Crippen molar-refractivity contribution in [2.45, 2.75) is 51.5 Å². The Morgan fingerprint density at radius 2 is 1.91 bits per heavy atom. The molecule has 1 fully saturated rings. The summed E-state index contributed by atoms with van der Waals surface area (Å²) in [4.78, 5) is 25.5. The van der Waals surface area contributed by atoms with Crippen molar-refractivity contribution in [2.24, 2.45) is 5.92 Å². The molecule has 22 heavy (non-hydrogen) atoms. The molecule has 0 heterocycles. The number of hydrogen-bond donors (Lipinski definition) is 1. The maximum Gasteiger partial charge on any atom is 0.335 e. The van der Waals surface area contributed by atoms with Crippen molar-refractivity contribution in [3.8, 4) is 0 Å². The lowest BCUT2D eigenvalue weighted by Gasteiger charge is -2.36. The fourth-order valence-corrected chi connectivity index (χ4v) is 3.42. The van der Waals surface area contributed by atoms with Gasteiger partial charge in [-0.25, -0.2) is 4.79 Å². The molecule has 4 nitrogen and oxygen atoms in total. The number of carbonyl (C=O) groups excluding carboxylic acids is 1. The Hall–Kier alpha value is -1.84. The number of amides is 1. The molecule has 2 atom stereocenters. The highest BCUT2D eigenvalue weighted by atomic mass is 16.4. The summed E-state index contributed by atoms with van der Waals surface area (Å²) in [5.41, 5.74) is 1.03. The molecule has 4 heteroatoms. The lowest BCUT2D eigenvalue weighted by atomic mass is 9.85. The standard InChI is InChI=1S/C18H25NO3/c1-13-7-3-6-10-16(13)19(2)17(20)12-11-14-8-4-5-9-15(14)18(21)22/h4-5,8-9,13,16H,3,6-7,10-12H2,1-2H3,(H,21,22)/t13-,16+/m0/s1. The molecule has 0 saturated heterocycles. The average molecular weight is 303 g/mol. The van der Waals surface area contributed by atoms with E-state index in [1.165, 1.54) is 19.3 Å². The van der Waals surface area contributed by atoms with Gasteiger partial charge in [-0.2, -0.15) is 0 Å². The van der Waals surface area contributed by atoms with Crippen LogP contribution in [0, 0.1) is 5.92 Å². The molecule has 0 radical (unpaired) electrons. The highest BCUT2D eigenvalue weighted by Gasteiger charge is 2.27. The minimum Gasteiger partial charge on any atom is -0.478 e. The number of carbonyl (C=O) groups is 2. The van der Waals surface area contributed by atoms with Gasteiger partial charge in [0.1, 0.15) is 0 Å². The summed E-state index contributed by atoms with van der Waals surface area (Å²) in [6.45, 7) is 2.22. The van der Waals surface area contributed by atoms with Gasteiger partial charge in [-0.3, -0.25) is 4.79 Å². The Morgan fingerprint density at radius 1 is 1.23 bits per heavy atom. The van der Waals surface area contributed by atoms with Crippen LogP contribution in [0.1, 0.15) is 54.9 Å². The van der Waals surface area contributed by atoms with Gasteiger partial charge in [0.15, 0.2) is 0 Å². The van der Waals surface area contributed by atoms with E-state index in [1.807, 2.05) is 18.0 Å². The van der Waals surface area contributed by atoms with Gasteiger partial charge in [0.05, 0.1) is 5.56 Å². The van der Waals surface area contributed by atoms with Crippen LogP contribution < -0.4 is 0 Å². The first kappa shape index (κ1) is 16.5. The molecule has 0 spiro atoms. The van der Waals surface area contributed by atoms with Crippen LogP contribution in [0.3, 0.4) is 0 Å². The number of rotatable bonds is 5. The summed E-state index contributed by atoms with van der Waals surface area (Å²) < 4.78 is 0. The Labute approximate surface area is 132 Å².